The van der Waals surface area contributed by atoms with E-state index in [1.807, 2.05) is 12.4 Å². The van der Waals surface area contributed by atoms with Crippen molar-refractivity contribution in [2.75, 3.05) is 13.1 Å². The molecule has 0 aliphatic carbocycles. The van der Waals surface area contributed by atoms with Gasteiger partial charge in [-0.2, -0.15) is 0 Å². The van der Waals surface area contributed by atoms with Gasteiger partial charge in [0.1, 0.15) is 4.60 Å². The van der Waals surface area contributed by atoms with Gasteiger partial charge in [-0.25, -0.2) is 9.97 Å². The summed E-state index contributed by atoms with van der Waals surface area (Å²) >= 11 is 3.43. The second-order valence-electron chi connectivity index (χ2n) is 6.60. The van der Waals surface area contributed by atoms with Gasteiger partial charge in [0.2, 0.25) is 0 Å². The summed E-state index contributed by atoms with van der Waals surface area (Å²) in [5, 5.41) is 3.70. The predicted molar refractivity (Wildman–Crippen MR) is 102 cm³/mol. The summed E-state index contributed by atoms with van der Waals surface area (Å²) in [4.78, 5) is 11.2. The normalized spacial score (nSPS) is 16.5. The Bertz CT molecular complexity index is 824. The van der Waals surface area contributed by atoms with Crippen molar-refractivity contribution in [1.29, 1.82) is 0 Å². The average molecular weight is 400 g/mol. The first kappa shape index (κ1) is 16.7. The number of nitrogens with one attached hydrogen (secondary N) is 1. The average Bonchev–Trinajstić information content (AvgIpc) is 3.04. The van der Waals surface area contributed by atoms with Crippen LogP contribution in [0.15, 0.2) is 53.5 Å². The molecule has 0 saturated carbocycles. The van der Waals surface area contributed by atoms with Crippen LogP contribution in [0.3, 0.4) is 0 Å². The van der Waals surface area contributed by atoms with E-state index in [2.05, 4.69) is 70.8 Å². The number of benzene rings is 1. The van der Waals surface area contributed by atoms with Gasteiger partial charge in [-0.15, -0.1) is 0 Å². The van der Waals surface area contributed by atoms with Crippen molar-refractivity contribution in [2.24, 2.45) is 0 Å². The number of aromatic nitrogens is 3. The van der Waals surface area contributed by atoms with Crippen LogP contribution >= 0.6 is 15.9 Å². The molecule has 0 amide bonds. The molecule has 1 aliphatic rings. The van der Waals surface area contributed by atoms with Gasteiger partial charge in [-0.3, -0.25) is 9.30 Å². The van der Waals surface area contributed by atoms with E-state index in [0.29, 0.717) is 6.04 Å². The zero-order chi connectivity index (χ0) is 17.1. The quantitative estimate of drug-likeness (QED) is 0.714. The highest BCUT2D eigenvalue weighted by molar-refractivity contribution is 9.10. The fourth-order valence-corrected chi connectivity index (χ4v) is 3.74. The lowest BCUT2D eigenvalue weighted by Crippen LogP contribution is -2.42. The molecular weight excluding hydrogens is 378 g/mol. The van der Waals surface area contributed by atoms with E-state index in [9.17, 15) is 0 Å². The first-order chi connectivity index (χ1) is 12.3. The third-order valence-electron chi connectivity index (χ3n) is 4.85. The maximum Gasteiger partial charge on any atom is 0.155 e. The van der Waals surface area contributed by atoms with E-state index < -0.39 is 0 Å². The molecule has 0 radical (unpaired) electrons. The van der Waals surface area contributed by atoms with E-state index in [4.69, 9.17) is 0 Å². The summed E-state index contributed by atoms with van der Waals surface area (Å²) < 4.78 is 2.92. The zero-order valence-electron chi connectivity index (χ0n) is 14.1. The molecule has 0 bridgehead atoms. The number of hydrogen-bond acceptors (Lipinski definition) is 4. The standard InChI is InChI=1S/C19H22BrN5/c20-18-14-25-17(11-23-19(25)12-22-18)10-21-16-6-8-24(9-7-16)13-15-4-2-1-3-5-15/h1-5,11-12,14,16,21H,6-10,13H2. The van der Waals surface area contributed by atoms with Gasteiger partial charge in [0.05, 0.1) is 18.1 Å². The van der Waals surface area contributed by atoms with Gasteiger partial charge in [-0.05, 0) is 47.4 Å². The molecule has 4 rings (SSSR count). The lowest BCUT2D eigenvalue weighted by atomic mass is 10.0. The van der Waals surface area contributed by atoms with Crippen LogP contribution in [0.5, 0.6) is 0 Å². The lowest BCUT2D eigenvalue weighted by Gasteiger charge is -2.32. The number of hydrogen-bond donors (Lipinski definition) is 1. The summed E-state index contributed by atoms with van der Waals surface area (Å²) in [6, 6.07) is 11.3. The largest absolute Gasteiger partial charge is 0.308 e. The molecule has 1 aliphatic heterocycles. The molecule has 5 nitrogen and oxygen atoms in total. The third kappa shape index (κ3) is 4.08. The fourth-order valence-electron chi connectivity index (χ4n) is 3.43. The number of nitrogens with zero attached hydrogens (tertiary/aromatic N) is 4. The molecule has 25 heavy (non-hydrogen) atoms. The van der Waals surface area contributed by atoms with Crippen LogP contribution in [-0.4, -0.2) is 38.4 Å². The van der Waals surface area contributed by atoms with Gasteiger partial charge in [0.25, 0.3) is 0 Å². The minimum Gasteiger partial charge on any atom is -0.308 e. The van der Waals surface area contributed by atoms with Crippen molar-refractivity contribution in [1.82, 2.24) is 24.6 Å². The molecule has 2 aromatic heterocycles. The van der Waals surface area contributed by atoms with Gasteiger partial charge in [0, 0.05) is 25.3 Å². The monoisotopic (exact) mass is 399 g/mol. The second-order valence-corrected chi connectivity index (χ2v) is 7.42. The summed E-state index contributed by atoms with van der Waals surface area (Å²) in [7, 11) is 0. The number of halogens is 1. The molecule has 0 spiro atoms. The Balaban J connectivity index is 1.29. The van der Waals surface area contributed by atoms with E-state index in [1.165, 1.54) is 24.1 Å². The van der Waals surface area contributed by atoms with Crippen molar-refractivity contribution in [3.63, 3.8) is 0 Å². The van der Waals surface area contributed by atoms with E-state index in [0.717, 1.165) is 36.4 Å². The van der Waals surface area contributed by atoms with Gasteiger partial charge >= 0.3 is 0 Å². The second kappa shape index (κ2) is 7.64. The molecule has 1 N–H and O–H groups in total. The Kier molecular flexibility index (Phi) is 5.10. The maximum absolute atomic E-state index is 4.41. The number of rotatable bonds is 5. The highest BCUT2D eigenvalue weighted by Gasteiger charge is 2.19. The van der Waals surface area contributed by atoms with Gasteiger partial charge < -0.3 is 5.32 Å². The minimum atomic E-state index is 0.572. The lowest BCUT2D eigenvalue weighted by molar-refractivity contribution is 0.190. The van der Waals surface area contributed by atoms with Crippen molar-refractivity contribution in [3.8, 4) is 0 Å². The van der Waals surface area contributed by atoms with Crippen LogP contribution < -0.4 is 5.32 Å². The van der Waals surface area contributed by atoms with E-state index >= 15 is 0 Å². The van der Waals surface area contributed by atoms with Gasteiger partial charge in [0.15, 0.2) is 5.65 Å². The van der Waals surface area contributed by atoms with Crippen LogP contribution in [-0.2, 0) is 13.1 Å². The molecule has 3 aromatic rings. The molecule has 1 fully saturated rings. The topological polar surface area (TPSA) is 45.5 Å². The van der Waals surface area contributed by atoms with Crippen molar-refractivity contribution < 1.29 is 0 Å². The summed E-state index contributed by atoms with van der Waals surface area (Å²) in [5.74, 6) is 0. The number of piperidine rings is 1. The molecule has 1 aromatic carbocycles. The number of imidazole rings is 1. The first-order valence-corrected chi connectivity index (χ1v) is 9.54. The predicted octanol–water partition coefficient (Wildman–Crippen LogP) is 3.25. The fraction of sp³-hybridized carbons (Fsp3) is 0.368. The zero-order valence-corrected chi connectivity index (χ0v) is 15.7. The molecule has 0 atom stereocenters. The molecule has 0 unspecified atom stereocenters. The SMILES string of the molecule is Brc1cn2c(CNC3CCN(Cc4ccccc4)CC3)cnc2cn1. The first-order valence-electron chi connectivity index (χ1n) is 8.75. The van der Waals surface area contributed by atoms with Crippen molar-refractivity contribution in [3.05, 3.63) is 64.8 Å². The maximum atomic E-state index is 4.41. The molecule has 6 heteroatoms. The van der Waals surface area contributed by atoms with Crippen LogP contribution in [0.25, 0.3) is 5.65 Å². The molecule has 3 heterocycles. The number of fused-ring (bicyclic) bond motifs is 1. The van der Waals surface area contributed by atoms with Crippen LogP contribution in [0.1, 0.15) is 24.1 Å². The summed E-state index contributed by atoms with van der Waals surface area (Å²) in [6.45, 7) is 4.19. The highest BCUT2D eigenvalue weighted by atomic mass is 79.9. The Morgan fingerprint density at radius 1 is 1.08 bits per heavy atom. The molecule has 1 saturated heterocycles. The highest BCUT2D eigenvalue weighted by Crippen LogP contribution is 2.15. The summed E-state index contributed by atoms with van der Waals surface area (Å²) in [6.07, 6.45) is 8.07. The van der Waals surface area contributed by atoms with E-state index in [1.54, 1.807) is 6.20 Å². The Morgan fingerprint density at radius 3 is 2.68 bits per heavy atom. The van der Waals surface area contributed by atoms with E-state index in [-0.39, 0.29) is 0 Å². The van der Waals surface area contributed by atoms with Crippen LogP contribution in [0, 0.1) is 0 Å². The van der Waals surface area contributed by atoms with Gasteiger partial charge in [-0.1, -0.05) is 30.3 Å². The smallest absolute Gasteiger partial charge is 0.155 e. The van der Waals surface area contributed by atoms with Crippen molar-refractivity contribution in [2.45, 2.75) is 32.0 Å². The Labute approximate surface area is 156 Å². The van der Waals surface area contributed by atoms with Crippen LogP contribution in [0.4, 0.5) is 0 Å². The Morgan fingerprint density at radius 2 is 1.88 bits per heavy atom. The Hall–Kier alpha value is -1.76. The van der Waals surface area contributed by atoms with Crippen LogP contribution in [0.2, 0.25) is 0 Å². The van der Waals surface area contributed by atoms with Crippen molar-refractivity contribution >= 4 is 21.6 Å². The summed E-state index contributed by atoms with van der Waals surface area (Å²) in [5.41, 5.74) is 3.46. The minimum absolute atomic E-state index is 0.572. The molecular formula is C19H22BrN5. The third-order valence-corrected chi connectivity index (χ3v) is 5.26. The number of likely N-dealkylation sites (tertiary alicyclic amines) is 1. The molecule has 130 valence electrons.